The molecule has 1 heterocycles. The molecule has 0 aromatic heterocycles. The summed E-state index contributed by atoms with van der Waals surface area (Å²) >= 11 is 0. The Labute approximate surface area is 97.0 Å². The number of rotatable bonds is 3. The van der Waals surface area contributed by atoms with Gasteiger partial charge in [-0.2, -0.15) is 0 Å². The van der Waals surface area contributed by atoms with Gasteiger partial charge in [0.05, 0.1) is 11.4 Å². The lowest BCUT2D eigenvalue weighted by atomic mass is 10.0. The number of nitrogen functional groups attached to an aromatic ring is 1. The summed E-state index contributed by atoms with van der Waals surface area (Å²) in [7, 11) is 0. The molecule has 88 valence electrons. The molecule has 0 atom stereocenters. The van der Waals surface area contributed by atoms with Crippen LogP contribution in [0.3, 0.4) is 0 Å². The van der Waals surface area contributed by atoms with E-state index in [0.29, 0.717) is 5.92 Å². The predicted octanol–water partition coefficient (Wildman–Crippen LogP) is 2.42. The summed E-state index contributed by atoms with van der Waals surface area (Å²) in [6.45, 7) is 4.83. The zero-order chi connectivity index (χ0) is 11.4. The number of para-hydroxylation sites is 1. The van der Waals surface area contributed by atoms with Crippen LogP contribution in [0.4, 0.5) is 11.4 Å². The molecule has 0 saturated carbocycles. The first-order valence-corrected chi connectivity index (χ1v) is 5.94. The highest BCUT2D eigenvalue weighted by atomic mass is 16.5. The molecule has 1 aromatic rings. The molecule has 3 N–H and O–H groups in total. The molecule has 1 aliphatic rings. The van der Waals surface area contributed by atoms with Gasteiger partial charge in [-0.05, 0) is 37.3 Å². The summed E-state index contributed by atoms with van der Waals surface area (Å²) in [6, 6.07) is 6.12. The normalized spacial score (nSPS) is 17.3. The molecule has 1 saturated heterocycles. The van der Waals surface area contributed by atoms with E-state index in [1.165, 1.54) is 0 Å². The molecule has 1 aromatic carbocycles. The summed E-state index contributed by atoms with van der Waals surface area (Å²) in [6.07, 6.45) is 2.30. The highest BCUT2D eigenvalue weighted by Gasteiger charge is 2.13. The molecule has 0 unspecified atom stereocenters. The smallest absolute Gasteiger partial charge is 0.0579 e. The average Bonchev–Trinajstić information content (AvgIpc) is 2.32. The summed E-state index contributed by atoms with van der Waals surface area (Å²) in [4.78, 5) is 0. The number of anilines is 2. The molecule has 0 radical (unpaired) electrons. The maximum atomic E-state index is 6.01. The van der Waals surface area contributed by atoms with Crippen molar-refractivity contribution in [2.24, 2.45) is 5.92 Å². The SMILES string of the molecule is Cc1cccc(NCC2CCOCC2)c1N. The third-order valence-electron chi connectivity index (χ3n) is 3.25. The van der Waals surface area contributed by atoms with Gasteiger partial charge in [-0.15, -0.1) is 0 Å². The van der Waals surface area contributed by atoms with Crippen molar-refractivity contribution < 1.29 is 4.74 Å². The third kappa shape index (κ3) is 2.67. The number of benzene rings is 1. The fraction of sp³-hybridized carbons (Fsp3) is 0.538. The number of hydrogen-bond donors (Lipinski definition) is 2. The van der Waals surface area contributed by atoms with Gasteiger partial charge >= 0.3 is 0 Å². The second-order valence-electron chi connectivity index (χ2n) is 4.47. The Morgan fingerprint density at radius 3 is 2.88 bits per heavy atom. The van der Waals surface area contributed by atoms with E-state index >= 15 is 0 Å². The number of hydrogen-bond acceptors (Lipinski definition) is 3. The average molecular weight is 220 g/mol. The Kier molecular flexibility index (Phi) is 3.67. The summed E-state index contributed by atoms with van der Waals surface area (Å²) in [5, 5.41) is 3.44. The van der Waals surface area contributed by atoms with E-state index in [1.807, 2.05) is 25.1 Å². The lowest BCUT2D eigenvalue weighted by Crippen LogP contribution is -2.22. The maximum Gasteiger partial charge on any atom is 0.0579 e. The Morgan fingerprint density at radius 2 is 2.12 bits per heavy atom. The number of nitrogens with two attached hydrogens (primary N) is 1. The van der Waals surface area contributed by atoms with Crippen LogP contribution >= 0.6 is 0 Å². The van der Waals surface area contributed by atoms with E-state index in [1.54, 1.807) is 0 Å². The van der Waals surface area contributed by atoms with Crippen LogP contribution in [0.5, 0.6) is 0 Å². The van der Waals surface area contributed by atoms with Crippen molar-refractivity contribution in [2.45, 2.75) is 19.8 Å². The van der Waals surface area contributed by atoms with Gasteiger partial charge in [-0.1, -0.05) is 12.1 Å². The van der Waals surface area contributed by atoms with Gasteiger partial charge in [0.15, 0.2) is 0 Å². The van der Waals surface area contributed by atoms with Crippen molar-refractivity contribution in [2.75, 3.05) is 30.8 Å². The number of aryl methyl sites for hydroxylation is 1. The lowest BCUT2D eigenvalue weighted by Gasteiger charge is -2.23. The predicted molar refractivity (Wildman–Crippen MR) is 67.6 cm³/mol. The lowest BCUT2D eigenvalue weighted by molar-refractivity contribution is 0.0699. The van der Waals surface area contributed by atoms with Crippen molar-refractivity contribution in [3.63, 3.8) is 0 Å². The molecule has 2 rings (SSSR count). The molecule has 0 spiro atoms. The Bertz CT molecular complexity index is 346. The highest BCUT2D eigenvalue weighted by molar-refractivity contribution is 5.69. The van der Waals surface area contributed by atoms with Gasteiger partial charge in [0.1, 0.15) is 0 Å². The summed E-state index contributed by atoms with van der Waals surface area (Å²) in [5.74, 6) is 0.716. The van der Waals surface area contributed by atoms with Crippen LogP contribution in [0.25, 0.3) is 0 Å². The zero-order valence-corrected chi connectivity index (χ0v) is 9.83. The minimum atomic E-state index is 0.716. The van der Waals surface area contributed by atoms with Gasteiger partial charge in [0.25, 0.3) is 0 Å². The van der Waals surface area contributed by atoms with Crippen LogP contribution in [-0.4, -0.2) is 19.8 Å². The molecule has 0 amide bonds. The Morgan fingerprint density at radius 1 is 1.38 bits per heavy atom. The topological polar surface area (TPSA) is 47.3 Å². The number of nitrogens with one attached hydrogen (secondary N) is 1. The van der Waals surface area contributed by atoms with E-state index in [-0.39, 0.29) is 0 Å². The first-order chi connectivity index (χ1) is 7.77. The molecule has 3 heteroatoms. The van der Waals surface area contributed by atoms with Crippen LogP contribution in [0.1, 0.15) is 18.4 Å². The first-order valence-electron chi connectivity index (χ1n) is 5.94. The second-order valence-corrected chi connectivity index (χ2v) is 4.47. The van der Waals surface area contributed by atoms with Gasteiger partial charge in [-0.25, -0.2) is 0 Å². The summed E-state index contributed by atoms with van der Waals surface area (Å²) < 4.78 is 5.34. The fourth-order valence-corrected chi connectivity index (χ4v) is 2.04. The molecule has 0 aliphatic carbocycles. The van der Waals surface area contributed by atoms with Crippen LogP contribution in [0.15, 0.2) is 18.2 Å². The Balaban J connectivity index is 1.91. The van der Waals surface area contributed by atoms with Crippen LogP contribution in [0.2, 0.25) is 0 Å². The first kappa shape index (κ1) is 11.3. The molecule has 1 aliphatic heterocycles. The van der Waals surface area contributed by atoms with Gasteiger partial charge in [-0.3, -0.25) is 0 Å². The van der Waals surface area contributed by atoms with Crippen LogP contribution in [0, 0.1) is 12.8 Å². The van der Waals surface area contributed by atoms with E-state index in [0.717, 1.165) is 49.5 Å². The fourth-order valence-electron chi connectivity index (χ4n) is 2.04. The molecule has 3 nitrogen and oxygen atoms in total. The third-order valence-corrected chi connectivity index (χ3v) is 3.25. The standard InChI is InChI=1S/C13H20N2O/c1-10-3-2-4-12(13(10)14)15-9-11-5-7-16-8-6-11/h2-4,11,15H,5-9,14H2,1H3. The van der Waals surface area contributed by atoms with E-state index in [2.05, 4.69) is 5.32 Å². The molecule has 0 bridgehead atoms. The maximum absolute atomic E-state index is 6.01. The highest BCUT2D eigenvalue weighted by Crippen LogP contribution is 2.23. The van der Waals surface area contributed by atoms with Gasteiger partial charge < -0.3 is 15.8 Å². The van der Waals surface area contributed by atoms with Crippen LogP contribution in [-0.2, 0) is 4.74 Å². The molecular weight excluding hydrogens is 200 g/mol. The van der Waals surface area contributed by atoms with Crippen molar-refractivity contribution >= 4 is 11.4 Å². The minimum absolute atomic E-state index is 0.716. The van der Waals surface area contributed by atoms with Crippen molar-refractivity contribution in [3.8, 4) is 0 Å². The van der Waals surface area contributed by atoms with E-state index in [4.69, 9.17) is 10.5 Å². The van der Waals surface area contributed by atoms with Crippen LogP contribution < -0.4 is 11.1 Å². The largest absolute Gasteiger partial charge is 0.397 e. The monoisotopic (exact) mass is 220 g/mol. The molecular formula is C13H20N2O. The molecule has 16 heavy (non-hydrogen) atoms. The van der Waals surface area contributed by atoms with Gasteiger partial charge in [0.2, 0.25) is 0 Å². The molecule has 1 fully saturated rings. The summed E-state index contributed by atoms with van der Waals surface area (Å²) in [5.41, 5.74) is 9.08. The van der Waals surface area contributed by atoms with E-state index < -0.39 is 0 Å². The van der Waals surface area contributed by atoms with Crippen molar-refractivity contribution in [1.82, 2.24) is 0 Å². The zero-order valence-electron chi connectivity index (χ0n) is 9.83. The Hall–Kier alpha value is -1.22. The van der Waals surface area contributed by atoms with Crippen molar-refractivity contribution in [1.29, 1.82) is 0 Å². The van der Waals surface area contributed by atoms with Crippen molar-refractivity contribution in [3.05, 3.63) is 23.8 Å². The number of ether oxygens (including phenoxy) is 1. The second kappa shape index (κ2) is 5.21. The van der Waals surface area contributed by atoms with E-state index in [9.17, 15) is 0 Å². The quantitative estimate of drug-likeness (QED) is 0.769. The minimum Gasteiger partial charge on any atom is -0.397 e. The van der Waals surface area contributed by atoms with Gasteiger partial charge in [0, 0.05) is 19.8 Å².